The second-order valence-corrected chi connectivity index (χ2v) is 3.72. The summed E-state index contributed by atoms with van der Waals surface area (Å²) in [6.45, 7) is 0.676. The van der Waals surface area contributed by atoms with Gasteiger partial charge in [0, 0.05) is 24.2 Å². The predicted octanol–water partition coefficient (Wildman–Crippen LogP) is 1.45. The van der Waals surface area contributed by atoms with E-state index in [-0.39, 0.29) is 6.42 Å². The van der Waals surface area contributed by atoms with Gasteiger partial charge in [-0.05, 0) is 31.0 Å². The van der Waals surface area contributed by atoms with Crippen molar-refractivity contribution in [2.24, 2.45) is 5.73 Å². The summed E-state index contributed by atoms with van der Waals surface area (Å²) in [5, 5.41) is 11.6. The van der Waals surface area contributed by atoms with Gasteiger partial charge in [0.15, 0.2) is 0 Å². The molecule has 0 aromatic heterocycles. The van der Waals surface area contributed by atoms with Crippen molar-refractivity contribution in [1.82, 2.24) is 0 Å². The number of nitrogens with one attached hydrogen (secondary N) is 1. The molecule has 1 rings (SSSR count). The van der Waals surface area contributed by atoms with Crippen LogP contribution in [0, 0.1) is 0 Å². The molecule has 0 heterocycles. The Morgan fingerprint density at radius 3 is 2.71 bits per heavy atom. The number of unbranched alkanes of at least 4 members (excludes halogenated alkanes) is 1. The van der Waals surface area contributed by atoms with Gasteiger partial charge in [-0.15, -0.1) is 0 Å². The molecule has 17 heavy (non-hydrogen) atoms. The van der Waals surface area contributed by atoms with Crippen LogP contribution in [0.25, 0.3) is 0 Å². The number of aliphatic carboxylic acids is 1. The summed E-state index contributed by atoms with van der Waals surface area (Å²) in [5.74, 6) is -1.24. The smallest absolute Gasteiger partial charge is 0.303 e. The normalized spacial score (nSPS) is 9.88. The van der Waals surface area contributed by atoms with Crippen LogP contribution in [0.4, 0.5) is 5.69 Å². The van der Waals surface area contributed by atoms with Crippen molar-refractivity contribution >= 4 is 17.6 Å². The van der Waals surface area contributed by atoms with Crippen LogP contribution in [-0.4, -0.2) is 23.5 Å². The topological polar surface area (TPSA) is 92.4 Å². The number of rotatable bonds is 7. The Hall–Kier alpha value is -2.04. The zero-order chi connectivity index (χ0) is 12.7. The number of nitrogens with two attached hydrogens (primary N) is 1. The maximum atomic E-state index is 10.9. The summed E-state index contributed by atoms with van der Waals surface area (Å²) in [6, 6.07) is 6.92. The molecule has 0 spiro atoms. The molecule has 4 N–H and O–H groups in total. The Labute approximate surface area is 99.6 Å². The van der Waals surface area contributed by atoms with Crippen LogP contribution < -0.4 is 11.1 Å². The van der Waals surface area contributed by atoms with Crippen LogP contribution in [-0.2, 0) is 4.79 Å². The van der Waals surface area contributed by atoms with E-state index in [1.807, 2.05) is 6.07 Å². The van der Waals surface area contributed by atoms with Crippen molar-refractivity contribution in [1.29, 1.82) is 0 Å². The van der Waals surface area contributed by atoms with Crippen molar-refractivity contribution in [3.63, 3.8) is 0 Å². The molecule has 1 amide bonds. The number of carbonyl (C=O) groups excluding carboxylic acids is 1. The second kappa shape index (κ2) is 6.52. The lowest BCUT2D eigenvalue weighted by Crippen LogP contribution is -2.11. The van der Waals surface area contributed by atoms with Crippen molar-refractivity contribution in [2.45, 2.75) is 19.3 Å². The standard InChI is InChI=1S/C12H16N2O3/c13-12(17)9-4-3-5-10(8-9)14-7-2-1-6-11(15)16/h3-5,8,14H,1-2,6-7H2,(H2,13,17)(H,15,16). The van der Waals surface area contributed by atoms with Gasteiger partial charge in [0.25, 0.3) is 0 Å². The molecule has 5 nitrogen and oxygen atoms in total. The predicted molar refractivity (Wildman–Crippen MR) is 64.9 cm³/mol. The molecule has 1 aromatic carbocycles. The quantitative estimate of drug-likeness (QED) is 0.625. The van der Waals surface area contributed by atoms with Crippen molar-refractivity contribution in [3.05, 3.63) is 29.8 Å². The lowest BCUT2D eigenvalue weighted by molar-refractivity contribution is -0.137. The van der Waals surface area contributed by atoms with E-state index < -0.39 is 11.9 Å². The van der Waals surface area contributed by atoms with E-state index >= 15 is 0 Å². The third-order valence-corrected chi connectivity index (χ3v) is 2.29. The van der Waals surface area contributed by atoms with Crippen molar-refractivity contribution < 1.29 is 14.7 Å². The average molecular weight is 236 g/mol. The zero-order valence-corrected chi connectivity index (χ0v) is 9.48. The molecule has 0 bridgehead atoms. The van der Waals surface area contributed by atoms with Gasteiger partial charge in [-0.25, -0.2) is 0 Å². The fraction of sp³-hybridized carbons (Fsp3) is 0.333. The van der Waals surface area contributed by atoms with Gasteiger partial charge in [0.1, 0.15) is 0 Å². The number of hydrogen-bond acceptors (Lipinski definition) is 3. The number of primary amides is 1. The molecule has 5 heteroatoms. The summed E-state index contributed by atoms with van der Waals surface area (Å²) < 4.78 is 0. The van der Waals surface area contributed by atoms with Crippen LogP contribution in [0.2, 0.25) is 0 Å². The largest absolute Gasteiger partial charge is 0.481 e. The molecule has 0 aliphatic heterocycles. The van der Waals surface area contributed by atoms with Crippen LogP contribution in [0.3, 0.4) is 0 Å². The highest BCUT2D eigenvalue weighted by atomic mass is 16.4. The van der Waals surface area contributed by atoms with Gasteiger partial charge < -0.3 is 16.2 Å². The van der Waals surface area contributed by atoms with Gasteiger partial charge in [-0.2, -0.15) is 0 Å². The Kier molecular flexibility index (Phi) is 5.00. The molecule has 1 aromatic rings. The highest BCUT2D eigenvalue weighted by molar-refractivity contribution is 5.93. The minimum Gasteiger partial charge on any atom is -0.481 e. The molecule has 0 unspecified atom stereocenters. The minimum absolute atomic E-state index is 0.184. The first-order valence-corrected chi connectivity index (χ1v) is 5.45. The number of hydrogen-bond donors (Lipinski definition) is 3. The summed E-state index contributed by atoms with van der Waals surface area (Å²) in [5.41, 5.74) is 6.44. The van der Waals surface area contributed by atoms with Crippen LogP contribution in [0.5, 0.6) is 0 Å². The Morgan fingerprint density at radius 2 is 2.06 bits per heavy atom. The molecular formula is C12H16N2O3. The number of amides is 1. The monoisotopic (exact) mass is 236 g/mol. The first kappa shape index (κ1) is 13.0. The number of carboxylic acids is 1. The highest BCUT2D eigenvalue weighted by Crippen LogP contribution is 2.10. The van der Waals surface area contributed by atoms with E-state index in [2.05, 4.69) is 5.32 Å². The fourth-order valence-electron chi connectivity index (χ4n) is 1.42. The summed E-state index contributed by atoms with van der Waals surface area (Å²) in [7, 11) is 0. The molecule has 92 valence electrons. The molecule has 0 radical (unpaired) electrons. The Morgan fingerprint density at radius 1 is 1.29 bits per heavy atom. The van der Waals surface area contributed by atoms with E-state index in [0.717, 1.165) is 12.1 Å². The third-order valence-electron chi connectivity index (χ3n) is 2.29. The Balaban J connectivity index is 2.34. The first-order valence-electron chi connectivity index (χ1n) is 5.45. The molecule has 0 aliphatic carbocycles. The van der Waals surface area contributed by atoms with Gasteiger partial charge in [0.2, 0.25) is 5.91 Å². The average Bonchev–Trinajstić information content (AvgIpc) is 2.28. The van der Waals surface area contributed by atoms with E-state index in [0.29, 0.717) is 18.5 Å². The molecule has 0 atom stereocenters. The third kappa shape index (κ3) is 5.01. The summed E-state index contributed by atoms with van der Waals surface area (Å²) in [6.07, 6.45) is 1.59. The molecule has 0 fully saturated rings. The summed E-state index contributed by atoms with van der Waals surface area (Å²) >= 11 is 0. The molecular weight excluding hydrogens is 220 g/mol. The molecule has 0 aliphatic rings. The van der Waals surface area contributed by atoms with Crippen LogP contribution in [0.15, 0.2) is 24.3 Å². The zero-order valence-electron chi connectivity index (χ0n) is 9.48. The van der Waals surface area contributed by atoms with Crippen LogP contribution in [0.1, 0.15) is 29.6 Å². The SMILES string of the molecule is NC(=O)c1cccc(NCCCCC(=O)O)c1. The molecule has 0 saturated heterocycles. The van der Waals surface area contributed by atoms with E-state index in [1.54, 1.807) is 18.2 Å². The maximum Gasteiger partial charge on any atom is 0.303 e. The second-order valence-electron chi connectivity index (χ2n) is 3.72. The number of anilines is 1. The van der Waals surface area contributed by atoms with Gasteiger partial charge >= 0.3 is 5.97 Å². The fourth-order valence-corrected chi connectivity index (χ4v) is 1.42. The minimum atomic E-state index is -0.777. The van der Waals surface area contributed by atoms with Crippen molar-refractivity contribution in [3.8, 4) is 0 Å². The van der Waals surface area contributed by atoms with E-state index in [1.165, 1.54) is 0 Å². The van der Waals surface area contributed by atoms with Gasteiger partial charge in [-0.1, -0.05) is 6.07 Å². The highest BCUT2D eigenvalue weighted by Gasteiger charge is 2.01. The van der Waals surface area contributed by atoms with Gasteiger partial charge in [-0.3, -0.25) is 9.59 Å². The Bertz CT molecular complexity index is 404. The number of carboxylic acid groups (broad SMARTS) is 1. The first-order chi connectivity index (χ1) is 8.09. The molecule has 0 saturated carbocycles. The lowest BCUT2D eigenvalue weighted by Gasteiger charge is -2.06. The van der Waals surface area contributed by atoms with E-state index in [9.17, 15) is 9.59 Å². The summed E-state index contributed by atoms with van der Waals surface area (Å²) in [4.78, 5) is 21.2. The van der Waals surface area contributed by atoms with Gasteiger partial charge in [0.05, 0.1) is 0 Å². The van der Waals surface area contributed by atoms with Crippen LogP contribution >= 0.6 is 0 Å². The van der Waals surface area contributed by atoms with Crippen molar-refractivity contribution in [2.75, 3.05) is 11.9 Å². The number of benzene rings is 1. The number of carbonyl (C=O) groups is 2. The lowest BCUT2D eigenvalue weighted by atomic mass is 10.2. The van der Waals surface area contributed by atoms with E-state index in [4.69, 9.17) is 10.8 Å². The maximum absolute atomic E-state index is 10.9.